The van der Waals surface area contributed by atoms with Gasteiger partial charge in [-0.15, -0.1) is 11.3 Å². The minimum absolute atomic E-state index is 0.0193. The third kappa shape index (κ3) is 2.75. The van der Waals surface area contributed by atoms with Crippen molar-refractivity contribution in [2.24, 2.45) is 0 Å². The molecule has 0 unspecified atom stereocenters. The second-order valence-electron chi connectivity index (χ2n) is 3.37. The first-order chi connectivity index (χ1) is 8.06. The van der Waals surface area contributed by atoms with Crippen molar-refractivity contribution in [1.82, 2.24) is 4.98 Å². The summed E-state index contributed by atoms with van der Waals surface area (Å²) < 4.78 is 0. The summed E-state index contributed by atoms with van der Waals surface area (Å²) in [6, 6.07) is 4.47. The van der Waals surface area contributed by atoms with Crippen molar-refractivity contribution in [2.75, 3.05) is 5.32 Å². The lowest BCUT2D eigenvalue weighted by Gasteiger charge is -2.04. The topological polar surface area (TPSA) is 62.2 Å². The Kier molecular flexibility index (Phi) is 3.31. The first-order valence-corrected chi connectivity index (χ1v) is 6.04. The molecule has 0 bridgehead atoms. The first-order valence-electron chi connectivity index (χ1n) is 4.78. The number of benzene rings is 1. The minimum atomic E-state index is -0.295. The molecule has 88 valence electrons. The fraction of sp³-hybridized carbons (Fsp3) is 0.0909. The highest BCUT2D eigenvalue weighted by Gasteiger charge is 2.10. The summed E-state index contributed by atoms with van der Waals surface area (Å²) in [5.74, 6) is -0.315. The molecule has 0 aliphatic carbocycles. The minimum Gasteiger partial charge on any atom is -0.506 e. The number of aromatic nitrogens is 1. The van der Waals surface area contributed by atoms with Crippen molar-refractivity contribution in [3.05, 3.63) is 39.3 Å². The van der Waals surface area contributed by atoms with Crippen LogP contribution in [0.5, 0.6) is 5.75 Å². The maximum Gasteiger partial charge on any atom is 0.275 e. The number of halogens is 1. The molecular weight excluding hydrogens is 260 g/mol. The van der Waals surface area contributed by atoms with Gasteiger partial charge in [0.05, 0.1) is 10.0 Å². The summed E-state index contributed by atoms with van der Waals surface area (Å²) in [6.45, 7) is 1.83. The number of hydrogen-bond acceptors (Lipinski definition) is 4. The van der Waals surface area contributed by atoms with Crippen LogP contribution < -0.4 is 5.32 Å². The van der Waals surface area contributed by atoms with Gasteiger partial charge in [0.2, 0.25) is 0 Å². The van der Waals surface area contributed by atoms with E-state index in [0.717, 1.165) is 5.01 Å². The van der Waals surface area contributed by atoms with Gasteiger partial charge in [-0.2, -0.15) is 0 Å². The third-order valence-electron chi connectivity index (χ3n) is 2.06. The molecule has 0 fully saturated rings. The number of phenolic OH excluding ortho intramolecular Hbond substituents is 1. The molecule has 0 saturated heterocycles. The van der Waals surface area contributed by atoms with Gasteiger partial charge in [-0.1, -0.05) is 11.6 Å². The van der Waals surface area contributed by atoms with E-state index in [9.17, 15) is 9.90 Å². The SMILES string of the molecule is Cc1nc(C(=O)Nc2ccc(O)c(Cl)c2)cs1. The van der Waals surface area contributed by atoms with Crippen LogP contribution in [-0.2, 0) is 0 Å². The molecule has 0 aliphatic heterocycles. The van der Waals surface area contributed by atoms with Gasteiger partial charge in [0.1, 0.15) is 11.4 Å². The number of nitrogens with zero attached hydrogens (tertiary/aromatic N) is 1. The number of nitrogens with one attached hydrogen (secondary N) is 1. The van der Waals surface area contributed by atoms with Crippen LogP contribution in [0.4, 0.5) is 5.69 Å². The molecule has 1 heterocycles. The molecule has 0 atom stereocenters. The van der Waals surface area contributed by atoms with Crippen molar-refractivity contribution in [3.8, 4) is 5.75 Å². The molecule has 0 spiro atoms. The van der Waals surface area contributed by atoms with Crippen LogP contribution in [0.2, 0.25) is 5.02 Å². The van der Waals surface area contributed by atoms with Gasteiger partial charge in [0.25, 0.3) is 5.91 Å². The predicted octanol–water partition coefficient (Wildman–Crippen LogP) is 3.06. The summed E-state index contributed by atoms with van der Waals surface area (Å²) in [5.41, 5.74) is 0.889. The molecule has 17 heavy (non-hydrogen) atoms. The summed E-state index contributed by atoms with van der Waals surface area (Å²) in [4.78, 5) is 15.8. The molecule has 2 aromatic rings. The average molecular weight is 269 g/mol. The lowest BCUT2D eigenvalue weighted by molar-refractivity contribution is 0.102. The zero-order valence-corrected chi connectivity index (χ0v) is 10.5. The molecular formula is C11H9ClN2O2S. The molecule has 1 amide bonds. The smallest absolute Gasteiger partial charge is 0.275 e. The van der Waals surface area contributed by atoms with Gasteiger partial charge < -0.3 is 10.4 Å². The first kappa shape index (κ1) is 11.9. The number of carbonyl (C=O) groups is 1. The number of aryl methyl sites for hydroxylation is 1. The quantitative estimate of drug-likeness (QED) is 0.823. The molecule has 2 N–H and O–H groups in total. The summed E-state index contributed by atoms with van der Waals surface area (Å²) in [5, 5.41) is 14.6. The van der Waals surface area contributed by atoms with E-state index in [2.05, 4.69) is 10.3 Å². The summed E-state index contributed by atoms with van der Waals surface area (Å²) >= 11 is 7.14. The number of aromatic hydroxyl groups is 1. The zero-order valence-electron chi connectivity index (χ0n) is 8.90. The van der Waals surface area contributed by atoms with E-state index in [4.69, 9.17) is 11.6 Å². The number of rotatable bonds is 2. The van der Waals surface area contributed by atoms with E-state index in [-0.39, 0.29) is 16.7 Å². The van der Waals surface area contributed by atoms with Crippen LogP contribution in [0.1, 0.15) is 15.5 Å². The Balaban J connectivity index is 2.15. The second-order valence-corrected chi connectivity index (χ2v) is 4.84. The Hall–Kier alpha value is -1.59. The molecule has 1 aromatic heterocycles. The average Bonchev–Trinajstić information content (AvgIpc) is 2.70. The normalized spacial score (nSPS) is 10.2. The number of anilines is 1. The van der Waals surface area contributed by atoms with Crippen LogP contribution in [0.3, 0.4) is 0 Å². The van der Waals surface area contributed by atoms with Crippen molar-refractivity contribution < 1.29 is 9.90 Å². The van der Waals surface area contributed by atoms with Gasteiger partial charge in [-0.25, -0.2) is 4.98 Å². The van der Waals surface area contributed by atoms with Crippen LogP contribution >= 0.6 is 22.9 Å². The Morgan fingerprint density at radius 1 is 1.53 bits per heavy atom. The van der Waals surface area contributed by atoms with Crippen LogP contribution in [0.25, 0.3) is 0 Å². The number of carbonyl (C=O) groups excluding carboxylic acids is 1. The summed E-state index contributed by atoms with van der Waals surface area (Å²) in [7, 11) is 0. The van der Waals surface area contributed by atoms with E-state index < -0.39 is 0 Å². The standard InChI is InChI=1S/C11H9ClN2O2S/c1-6-13-9(5-17-6)11(16)14-7-2-3-10(15)8(12)4-7/h2-5,15H,1H3,(H,14,16). The fourth-order valence-corrected chi connectivity index (χ4v) is 2.02. The Labute approximate surface area is 107 Å². The van der Waals surface area contributed by atoms with Crippen molar-refractivity contribution in [2.45, 2.75) is 6.92 Å². The molecule has 0 saturated carbocycles. The number of hydrogen-bond donors (Lipinski definition) is 2. The molecule has 6 heteroatoms. The number of thiazole rings is 1. The highest BCUT2D eigenvalue weighted by atomic mass is 35.5. The van der Waals surface area contributed by atoms with Crippen molar-refractivity contribution >= 4 is 34.5 Å². The van der Waals surface area contributed by atoms with Gasteiger partial charge in [0.15, 0.2) is 0 Å². The van der Waals surface area contributed by atoms with E-state index in [1.54, 1.807) is 11.4 Å². The van der Waals surface area contributed by atoms with E-state index in [1.165, 1.54) is 23.5 Å². The highest BCUT2D eigenvalue weighted by Crippen LogP contribution is 2.26. The number of amides is 1. The van der Waals surface area contributed by atoms with Gasteiger partial charge in [-0.3, -0.25) is 4.79 Å². The second kappa shape index (κ2) is 4.73. The monoisotopic (exact) mass is 268 g/mol. The van der Waals surface area contributed by atoms with Crippen molar-refractivity contribution in [3.63, 3.8) is 0 Å². The largest absolute Gasteiger partial charge is 0.506 e. The molecule has 4 nitrogen and oxygen atoms in total. The van der Waals surface area contributed by atoms with Crippen molar-refractivity contribution in [1.29, 1.82) is 0 Å². The van der Waals surface area contributed by atoms with Crippen LogP contribution in [0.15, 0.2) is 23.6 Å². The lowest BCUT2D eigenvalue weighted by atomic mass is 10.3. The molecule has 2 rings (SSSR count). The zero-order chi connectivity index (χ0) is 12.4. The van der Waals surface area contributed by atoms with Gasteiger partial charge >= 0.3 is 0 Å². The van der Waals surface area contributed by atoms with Crippen LogP contribution in [0, 0.1) is 6.92 Å². The number of phenols is 1. The lowest BCUT2D eigenvalue weighted by Crippen LogP contribution is -2.12. The van der Waals surface area contributed by atoms with E-state index in [1.807, 2.05) is 6.92 Å². The van der Waals surface area contributed by atoms with E-state index >= 15 is 0 Å². The maximum atomic E-state index is 11.8. The Morgan fingerprint density at radius 3 is 2.88 bits per heavy atom. The molecule has 1 aromatic carbocycles. The van der Waals surface area contributed by atoms with Crippen LogP contribution in [-0.4, -0.2) is 16.0 Å². The summed E-state index contributed by atoms with van der Waals surface area (Å²) in [6.07, 6.45) is 0. The van der Waals surface area contributed by atoms with Gasteiger partial charge in [0, 0.05) is 11.1 Å². The molecule has 0 radical (unpaired) electrons. The van der Waals surface area contributed by atoms with Gasteiger partial charge in [-0.05, 0) is 25.1 Å². The Bertz CT molecular complexity index is 568. The Morgan fingerprint density at radius 2 is 2.29 bits per heavy atom. The predicted molar refractivity (Wildman–Crippen MR) is 67.9 cm³/mol. The third-order valence-corrected chi connectivity index (χ3v) is 3.13. The fourth-order valence-electron chi connectivity index (χ4n) is 1.25. The maximum absolute atomic E-state index is 11.8. The van der Waals surface area contributed by atoms with E-state index in [0.29, 0.717) is 11.4 Å². The molecule has 0 aliphatic rings. The highest BCUT2D eigenvalue weighted by molar-refractivity contribution is 7.09.